The molecule has 2 aromatic rings. The van der Waals surface area contributed by atoms with Gasteiger partial charge in [-0.25, -0.2) is 9.48 Å². The third kappa shape index (κ3) is 5.18. The molecule has 1 amide bonds. The molecule has 0 atom stereocenters. The number of nitrogens with zero attached hydrogens (tertiary/aromatic N) is 2. The molecule has 0 fully saturated rings. The zero-order chi connectivity index (χ0) is 16.9. The monoisotopic (exact) mass is 314 g/mol. The van der Waals surface area contributed by atoms with Crippen LogP contribution in [0.15, 0.2) is 43.2 Å². The normalized spacial score (nSPS) is 10.9. The Morgan fingerprint density at radius 2 is 2.04 bits per heavy atom. The van der Waals surface area contributed by atoms with Gasteiger partial charge >= 0.3 is 6.09 Å². The van der Waals surface area contributed by atoms with Crippen molar-refractivity contribution >= 4 is 23.7 Å². The predicted octanol–water partition coefficient (Wildman–Crippen LogP) is 3.94. The fourth-order valence-corrected chi connectivity index (χ4v) is 1.93. The van der Waals surface area contributed by atoms with Gasteiger partial charge in [0.15, 0.2) is 0 Å². The van der Waals surface area contributed by atoms with Gasteiger partial charge in [-0.2, -0.15) is 5.10 Å². The predicted molar refractivity (Wildman–Crippen MR) is 92.2 cm³/mol. The molecule has 0 aliphatic carbocycles. The lowest BCUT2D eigenvalue weighted by atomic mass is 10.2. The maximum atomic E-state index is 11.9. The van der Waals surface area contributed by atoms with Gasteiger partial charge in [-0.15, -0.1) is 0 Å². The average Bonchev–Trinajstić information content (AvgIpc) is 2.92. The quantitative estimate of drug-likeness (QED) is 0.877. The largest absolute Gasteiger partial charge is 0.444 e. The van der Waals surface area contributed by atoms with Crippen LogP contribution in [0.1, 0.15) is 26.3 Å². The fraction of sp³-hybridized carbons (Fsp3) is 0.294. The Morgan fingerprint density at radius 3 is 2.65 bits per heavy atom. The topological polar surface area (TPSA) is 68.2 Å². The van der Waals surface area contributed by atoms with Gasteiger partial charge in [0.05, 0.1) is 17.6 Å². The summed E-state index contributed by atoms with van der Waals surface area (Å²) in [5.74, 6) is 0. The van der Waals surface area contributed by atoms with E-state index in [-0.39, 0.29) is 0 Å². The smallest absolute Gasteiger partial charge is 0.412 e. The van der Waals surface area contributed by atoms with E-state index in [1.54, 1.807) is 17.1 Å². The number of para-hydroxylation sites is 2. The summed E-state index contributed by atoms with van der Waals surface area (Å²) in [7, 11) is 0. The summed E-state index contributed by atoms with van der Waals surface area (Å²) in [6, 6.07) is 7.47. The van der Waals surface area contributed by atoms with Crippen LogP contribution in [0.5, 0.6) is 0 Å². The van der Waals surface area contributed by atoms with E-state index in [0.29, 0.717) is 12.2 Å². The van der Waals surface area contributed by atoms with Crippen LogP contribution in [0.3, 0.4) is 0 Å². The molecular formula is C17H22N4O2. The lowest BCUT2D eigenvalue weighted by Crippen LogP contribution is -2.27. The standard InChI is InChI=1S/C17H22N4O2/c1-5-21-12-13(11-19-21)10-18-14-8-6-7-9-15(14)20-16(22)23-17(2,3)4/h5-9,11-12,18H,1,10H2,2-4H3,(H,20,22). The molecule has 1 heterocycles. The molecule has 0 saturated carbocycles. The third-order valence-electron chi connectivity index (χ3n) is 2.89. The van der Waals surface area contributed by atoms with Crippen LogP contribution < -0.4 is 10.6 Å². The number of hydrogen-bond donors (Lipinski definition) is 2. The molecule has 0 radical (unpaired) electrons. The van der Waals surface area contributed by atoms with Crippen LogP contribution in [0, 0.1) is 0 Å². The van der Waals surface area contributed by atoms with Gasteiger partial charge in [0.25, 0.3) is 0 Å². The van der Waals surface area contributed by atoms with Crippen LogP contribution in [-0.4, -0.2) is 21.5 Å². The van der Waals surface area contributed by atoms with Crippen molar-refractivity contribution in [2.24, 2.45) is 0 Å². The third-order valence-corrected chi connectivity index (χ3v) is 2.89. The fourth-order valence-electron chi connectivity index (χ4n) is 1.93. The first-order chi connectivity index (χ1) is 10.9. The zero-order valence-corrected chi connectivity index (χ0v) is 13.7. The van der Waals surface area contributed by atoms with Gasteiger partial charge in [-0.1, -0.05) is 18.7 Å². The van der Waals surface area contributed by atoms with Gasteiger partial charge in [-0.3, -0.25) is 5.32 Å². The Bertz CT molecular complexity index is 686. The molecule has 6 nitrogen and oxygen atoms in total. The number of amides is 1. The molecule has 0 unspecified atom stereocenters. The molecule has 122 valence electrons. The van der Waals surface area contributed by atoms with E-state index in [1.807, 2.05) is 51.2 Å². The summed E-state index contributed by atoms with van der Waals surface area (Å²) in [6.07, 6.45) is 4.79. The molecule has 23 heavy (non-hydrogen) atoms. The molecule has 0 aliphatic rings. The van der Waals surface area contributed by atoms with E-state index in [2.05, 4.69) is 22.3 Å². The van der Waals surface area contributed by atoms with E-state index in [9.17, 15) is 4.79 Å². The number of anilines is 2. The summed E-state index contributed by atoms with van der Waals surface area (Å²) < 4.78 is 6.92. The van der Waals surface area contributed by atoms with Crippen molar-refractivity contribution in [3.63, 3.8) is 0 Å². The van der Waals surface area contributed by atoms with Gasteiger partial charge in [0.2, 0.25) is 0 Å². The lowest BCUT2D eigenvalue weighted by Gasteiger charge is -2.20. The number of ether oxygens (including phenoxy) is 1. The molecular weight excluding hydrogens is 292 g/mol. The van der Waals surface area contributed by atoms with Crippen molar-refractivity contribution in [1.29, 1.82) is 0 Å². The zero-order valence-electron chi connectivity index (χ0n) is 13.7. The Kier molecular flexibility index (Phi) is 5.05. The molecule has 0 aliphatic heterocycles. The van der Waals surface area contributed by atoms with E-state index in [4.69, 9.17) is 4.74 Å². The second-order valence-corrected chi connectivity index (χ2v) is 6.04. The minimum atomic E-state index is -0.536. The highest BCUT2D eigenvalue weighted by molar-refractivity contribution is 5.89. The first-order valence-electron chi connectivity index (χ1n) is 7.36. The number of benzene rings is 1. The Hall–Kier alpha value is -2.76. The summed E-state index contributed by atoms with van der Waals surface area (Å²) in [4.78, 5) is 11.9. The Labute approximate surface area is 136 Å². The summed E-state index contributed by atoms with van der Waals surface area (Å²) >= 11 is 0. The maximum Gasteiger partial charge on any atom is 0.412 e. The summed E-state index contributed by atoms with van der Waals surface area (Å²) in [6.45, 7) is 9.72. The molecule has 2 rings (SSSR count). The first kappa shape index (κ1) is 16.6. The van der Waals surface area contributed by atoms with Crippen molar-refractivity contribution in [1.82, 2.24) is 9.78 Å². The number of nitrogens with one attached hydrogen (secondary N) is 2. The highest BCUT2D eigenvalue weighted by Crippen LogP contribution is 2.22. The molecule has 1 aromatic heterocycles. The van der Waals surface area contributed by atoms with Gasteiger partial charge in [0.1, 0.15) is 5.60 Å². The molecule has 0 bridgehead atoms. The highest BCUT2D eigenvalue weighted by Gasteiger charge is 2.17. The van der Waals surface area contributed by atoms with E-state index in [0.717, 1.165) is 11.3 Å². The van der Waals surface area contributed by atoms with Crippen molar-refractivity contribution in [3.05, 3.63) is 48.8 Å². The van der Waals surface area contributed by atoms with Crippen molar-refractivity contribution < 1.29 is 9.53 Å². The highest BCUT2D eigenvalue weighted by atomic mass is 16.6. The van der Waals surface area contributed by atoms with E-state index >= 15 is 0 Å². The van der Waals surface area contributed by atoms with Gasteiger partial charge < -0.3 is 10.1 Å². The Balaban J connectivity index is 2.02. The first-order valence-corrected chi connectivity index (χ1v) is 7.36. The van der Waals surface area contributed by atoms with Crippen LogP contribution in [0.2, 0.25) is 0 Å². The number of carbonyl (C=O) groups is 1. The molecule has 0 spiro atoms. The van der Waals surface area contributed by atoms with Crippen LogP contribution in [0.25, 0.3) is 6.20 Å². The number of aromatic nitrogens is 2. The molecule has 6 heteroatoms. The van der Waals surface area contributed by atoms with Crippen molar-refractivity contribution in [3.8, 4) is 0 Å². The molecule has 1 aromatic carbocycles. The average molecular weight is 314 g/mol. The minimum absolute atomic E-state index is 0.480. The Morgan fingerprint density at radius 1 is 1.35 bits per heavy atom. The summed E-state index contributed by atoms with van der Waals surface area (Å²) in [5.41, 5.74) is 1.95. The maximum absolute atomic E-state index is 11.9. The molecule has 2 N–H and O–H groups in total. The van der Waals surface area contributed by atoms with Crippen LogP contribution in [-0.2, 0) is 11.3 Å². The molecule has 0 saturated heterocycles. The lowest BCUT2D eigenvalue weighted by molar-refractivity contribution is 0.0636. The van der Waals surface area contributed by atoms with Crippen LogP contribution >= 0.6 is 0 Å². The van der Waals surface area contributed by atoms with E-state index < -0.39 is 11.7 Å². The second kappa shape index (κ2) is 7.00. The van der Waals surface area contributed by atoms with Gasteiger partial charge in [0, 0.05) is 24.5 Å². The van der Waals surface area contributed by atoms with Crippen molar-refractivity contribution in [2.75, 3.05) is 10.6 Å². The second-order valence-electron chi connectivity index (χ2n) is 6.04. The van der Waals surface area contributed by atoms with Crippen LogP contribution in [0.4, 0.5) is 16.2 Å². The number of carbonyl (C=O) groups excluding carboxylic acids is 1. The SMILES string of the molecule is C=Cn1cc(CNc2ccccc2NC(=O)OC(C)(C)C)cn1. The van der Waals surface area contributed by atoms with Gasteiger partial charge in [-0.05, 0) is 32.9 Å². The minimum Gasteiger partial charge on any atom is -0.444 e. The number of rotatable bonds is 5. The summed E-state index contributed by atoms with van der Waals surface area (Å²) in [5, 5.41) is 10.2. The number of hydrogen-bond acceptors (Lipinski definition) is 4. The van der Waals surface area contributed by atoms with Crippen molar-refractivity contribution in [2.45, 2.75) is 32.9 Å². The van der Waals surface area contributed by atoms with E-state index in [1.165, 1.54) is 0 Å².